The zero-order valence-electron chi connectivity index (χ0n) is 15.7. The van der Waals surface area contributed by atoms with Crippen LogP contribution in [0.2, 0.25) is 0 Å². The van der Waals surface area contributed by atoms with E-state index in [9.17, 15) is 13.6 Å². The fourth-order valence-corrected chi connectivity index (χ4v) is 3.09. The molecule has 1 amide bonds. The molecule has 0 bridgehead atoms. The van der Waals surface area contributed by atoms with E-state index in [4.69, 9.17) is 4.74 Å². The minimum absolute atomic E-state index is 0.00465. The molecule has 1 N–H and O–H groups in total. The van der Waals surface area contributed by atoms with Gasteiger partial charge >= 0.3 is 0 Å². The van der Waals surface area contributed by atoms with Gasteiger partial charge in [-0.15, -0.1) is 0 Å². The molecule has 2 aromatic rings. The van der Waals surface area contributed by atoms with Gasteiger partial charge in [-0.2, -0.15) is 0 Å². The van der Waals surface area contributed by atoms with Crippen LogP contribution >= 0.6 is 0 Å². The number of hydrogen-bond acceptors (Lipinski definition) is 2. The van der Waals surface area contributed by atoms with Gasteiger partial charge in [-0.25, -0.2) is 8.78 Å². The van der Waals surface area contributed by atoms with Gasteiger partial charge in [0.2, 0.25) is 0 Å². The molecule has 1 aromatic heterocycles. The summed E-state index contributed by atoms with van der Waals surface area (Å²) < 4.78 is 34.3. The van der Waals surface area contributed by atoms with Crippen molar-refractivity contribution in [2.45, 2.75) is 52.6 Å². The molecule has 0 radical (unpaired) electrons. The predicted octanol–water partition coefficient (Wildman–Crippen LogP) is 5.34. The average Bonchev–Trinajstić information content (AvgIpc) is 2.92. The Balaban J connectivity index is 2.20. The quantitative estimate of drug-likeness (QED) is 0.687. The molecule has 0 aliphatic rings. The molecule has 0 spiro atoms. The number of aryl methyl sites for hydroxylation is 1. The highest BCUT2D eigenvalue weighted by molar-refractivity contribution is 6.05. The lowest BCUT2D eigenvalue weighted by Crippen LogP contribution is -2.14. The van der Waals surface area contributed by atoms with Gasteiger partial charge in [-0.05, 0) is 31.9 Å². The third kappa shape index (κ3) is 4.62. The van der Waals surface area contributed by atoms with Crippen molar-refractivity contribution in [2.75, 3.05) is 5.32 Å². The molecule has 26 heavy (non-hydrogen) atoms. The second-order valence-electron chi connectivity index (χ2n) is 6.37. The highest BCUT2D eigenvalue weighted by atomic mass is 19.3. The molecular weight excluding hydrogens is 338 g/mol. The third-order valence-corrected chi connectivity index (χ3v) is 4.27. The van der Waals surface area contributed by atoms with Crippen molar-refractivity contribution in [1.82, 2.24) is 4.57 Å². The fourth-order valence-electron chi connectivity index (χ4n) is 3.09. The summed E-state index contributed by atoms with van der Waals surface area (Å²) in [5.41, 5.74) is 0.787. The average molecular weight is 364 g/mol. The number of halogens is 2. The van der Waals surface area contributed by atoms with Crippen LogP contribution in [0.4, 0.5) is 14.5 Å². The zero-order chi connectivity index (χ0) is 19.3. The summed E-state index contributed by atoms with van der Waals surface area (Å²) >= 11 is 0. The lowest BCUT2D eigenvalue weighted by molar-refractivity contribution is 0.101. The van der Waals surface area contributed by atoms with Crippen LogP contribution in [-0.4, -0.2) is 16.6 Å². The van der Waals surface area contributed by atoms with Crippen LogP contribution < -0.4 is 10.1 Å². The van der Waals surface area contributed by atoms with E-state index in [0.717, 1.165) is 12.8 Å². The highest BCUT2D eigenvalue weighted by Crippen LogP contribution is 2.29. The first-order valence-corrected chi connectivity index (χ1v) is 8.91. The van der Waals surface area contributed by atoms with E-state index in [1.54, 1.807) is 36.7 Å². The summed E-state index contributed by atoms with van der Waals surface area (Å²) in [6.07, 6.45) is 1.20. The van der Waals surface area contributed by atoms with E-state index in [1.165, 1.54) is 6.20 Å². The van der Waals surface area contributed by atoms with Crippen LogP contribution in [0.25, 0.3) is 0 Å². The minimum Gasteiger partial charge on any atom is -0.491 e. The van der Waals surface area contributed by atoms with Gasteiger partial charge in [0, 0.05) is 30.7 Å². The molecule has 6 heteroatoms. The SMILES string of the molecule is CCCC(C)Oc1cccc(NC(=O)c2cn(C)c(CC)c2C(F)F)c1. The van der Waals surface area contributed by atoms with Gasteiger partial charge in [0.05, 0.1) is 17.2 Å². The van der Waals surface area contributed by atoms with Gasteiger partial charge in [0.25, 0.3) is 12.3 Å². The molecule has 1 atom stereocenters. The number of ether oxygens (including phenoxy) is 1. The second kappa shape index (κ2) is 8.83. The predicted molar refractivity (Wildman–Crippen MR) is 99.1 cm³/mol. The minimum atomic E-state index is -2.70. The molecule has 1 unspecified atom stereocenters. The van der Waals surface area contributed by atoms with Gasteiger partial charge in [0.15, 0.2) is 0 Å². The van der Waals surface area contributed by atoms with Crippen LogP contribution in [0.5, 0.6) is 5.75 Å². The summed E-state index contributed by atoms with van der Waals surface area (Å²) in [6, 6.07) is 6.99. The van der Waals surface area contributed by atoms with Crippen LogP contribution in [0.1, 0.15) is 61.7 Å². The number of hydrogen-bond donors (Lipinski definition) is 1. The second-order valence-corrected chi connectivity index (χ2v) is 6.37. The summed E-state index contributed by atoms with van der Waals surface area (Å²) in [5, 5.41) is 2.70. The normalized spacial score (nSPS) is 12.3. The lowest BCUT2D eigenvalue weighted by atomic mass is 10.1. The molecule has 0 fully saturated rings. The Kier molecular flexibility index (Phi) is 6.77. The van der Waals surface area contributed by atoms with Crippen molar-refractivity contribution < 1.29 is 18.3 Å². The molecule has 1 heterocycles. The summed E-state index contributed by atoms with van der Waals surface area (Å²) in [6.45, 7) is 5.86. The van der Waals surface area contributed by atoms with Crippen molar-refractivity contribution in [1.29, 1.82) is 0 Å². The molecule has 0 aliphatic heterocycles. The number of aromatic nitrogens is 1. The zero-order valence-corrected chi connectivity index (χ0v) is 15.7. The first kappa shape index (κ1) is 19.9. The Hall–Kier alpha value is -2.37. The van der Waals surface area contributed by atoms with Crippen molar-refractivity contribution in [3.63, 3.8) is 0 Å². The van der Waals surface area contributed by atoms with E-state index in [0.29, 0.717) is 23.6 Å². The number of benzene rings is 1. The number of alkyl halides is 2. The Morgan fingerprint density at radius 1 is 1.31 bits per heavy atom. The number of amides is 1. The number of nitrogens with one attached hydrogen (secondary N) is 1. The van der Waals surface area contributed by atoms with Crippen molar-refractivity contribution >= 4 is 11.6 Å². The van der Waals surface area contributed by atoms with E-state index in [2.05, 4.69) is 12.2 Å². The first-order chi connectivity index (χ1) is 12.4. The van der Waals surface area contributed by atoms with E-state index in [1.807, 2.05) is 13.0 Å². The Bertz CT molecular complexity index is 756. The van der Waals surface area contributed by atoms with Crippen LogP contribution in [0.15, 0.2) is 30.5 Å². The number of nitrogens with zero attached hydrogens (tertiary/aromatic N) is 1. The fraction of sp³-hybridized carbons (Fsp3) is 0.450. The molecule has 0 aliphatic carbocycles. The summed E-state index contributed by atoms with van der Waals surface area (Å²) in [5.74, 6) is 0.0921. The van der Waals surface area contributed by atoms with Crippen LogP contribution in [-0.2, 0) is 13.5 Å². The lowest BCUT2D eigenvalue weighted by Gasteiger charge is -2.15. The monoisotopic (exact) mass is 364 g/mol. The van der Waals surface area contributed by atoms with Gasteiger partial charge in [0.1, 0.15) is 5.75 Å². The Morgan fingerprint density at radius 3 is 2.65 bits per heavy atom. The third-order valence-electron chi connectivity index (χ3n) is 4.27. The van der Waals surface area contributed by atoms with E-state index >= 15 is 0 Å². The molecule has 142 valence electrons. The molecule has 2 rings (SSSR count). The van der Waals surface area contributed by atoms with Crippen LogP contribution in [0, 0.1) is 0 Å². The number of carbonyl (C=O) groups excluding carboxylic acids is 1. The largest absolute Gasteiger partial charge is 0.491 e. The number of anilines is 1. The first-order valence-electron chi connectivity index (χ1n) is 8.91. The summed E-state index contributed by atoms with van der Waals surface area (Å²) in [4.78, 5) is 12.6. The number of carbonyl (C=O) groups is 1. The Morgan fingerprint density at radius 2 is 2.04 bits per heavy atom. The molecular formula is C20H26F2N2O2. The van der Waals surface area contributed by atoms with Crippen LogP contribution in [0.3, 0.4) is 0 Å². The standard InChI is InChI=1S/C20H26F2N2O2/c1-5-8-13(3)26-15-10-7-9-14(11-15)23-20(25)16-12-24(4)17(6-2)18(16)19(21)22/h7,9-13,19H,5-6,8H2,1-4H3,(H,23,25). The maximum Gasteiger partial charge on any atom is 0.266 e. The molecule has 1 aromatic carbocycles. The molecule has 0 saturated carbocycles. The van der Waals surface area contributed by atoms with Gasteiger partial charge in [-0.1, -0.05) is 26.3 Å². The van der Waals surface area contributed by atoms with E-state index < -0.39 is 12.3 Å². The Labute approximate surface area is 153 Å². The van der Waals surface area contributed by atoms with E-state index in [-0.39, 0.29) is 17.2 Å². The van der Waals surface area contributed by atoms with Gasteiger partial charge < -0.3 is 14.6 Å². The van der Waals surface area contributed by atoms with Crippen molar-refractivity contribution in [3.8, 4) is 5.75 Å². The summed E-state index contributed by atoms with van der Waals surface area (Å²) in [7, 11) is 1.67. The van der Waals surface area contributed by atoms with Crippen molar-refractivity contribution in [2.24, 2.45) is 7.05 Å². The van der Waals surface area contributed by atoms with Gasteiger partial charge in [-0.3, -0.25) is 4.79 Å². The maximum absolute atomic E-state index is 13.5. The molecule has 4 nitrogen and oxygen atoms in total. The maximum atomic E-state index is 13.5. The number of rotatable bonds is 8. The highest BCUT2D eigenvalue weighted by Gasteiger charge is 2.25. The van der Waals surface area contributed by atoms with Crippen molar-refractivity contribution in [3.05, 3.63) is 47.3 Å². The smallest absolute Gasteiger partial charge is 0.266 e. The molecule has 0 saturated heterocycles. The topological polar surface area (TPSA) is 43.3 Å².